The maximum absolute atomic E-state index is 5.48. The van der Waals surface area contributed by atoms with Crippen molar-refractivity contribution in [2.75, 3.05) is 0 Å². The molecule has 0 amide bonds. The van der Waals surface area contributed by atoms with Gasteiger partial charge in [0.15, 0.2) is 5.82 Å². The molecule has 2 aliphatic rings. The van der Waals surface area contributed by atoms with E-state index in [1.807, 2.05) is 0 Å². The second-order valence-electron chi connectivity index (χ2n) is 13.1. The summed E-state index contributed by atoms with van der Waals surface area (Å²) in [4.78, 5) is 16.1. The molecule has 9 aromatic rings. The van der Waals surface area contributed by atoms with Crippen LogP contribution in [0.5, 0.6) is 0 Å². The molecule has 0 saturated heterocycles. The molecule has 0 aliphatic heterocycles. The zero-order valence-corrected chi connectivity index (χ0v) is 26.4. The minimum atomic E-state index is -0.426. The quantitative estimate of drug-likeness (QED) is 0.180. The van der Waals surface area contributed by atoms with Crippen molar-refractivity contribution in [3.8, 4) is 45.0 Å². The summed E-state index contributed by atoms with van der Waals surface area (Å²) >= 11 is 0. The van der Waals surface area contributed by atoms with Gasteiger partial charge in [-0.05, 0) is 62.0 Å². The van der Waals surface area contributed by atoms with Crippen molar-refractivity contribution in [3.63, 3.8) is 0 Å². The average molecular weight is 622 g/mol. The fourth-order valence-electron chi connectivity index (χ4n) is 8.79. The van der Waals surface area contributed by atoms with E-state index in [9.17, 15) is 0 Å². The minimum absolute atomic E-state index is 0.426. The van der Waals surface area contributed by atoms with Crippen molar-refractivity contribution in [1.29, 1.82) is 0 Å². The number of benzene rings is 7. The number of fused-ring (bicyclic) bond motifs is 14. The number of rotatable bonds is 2. The Hall–Kier alpha value is -6.45. The fourth-order valence-corrected chi connectivity index (χ4v) is 8.79. The van der Waals surface area contributed by atoms with E-state index < -0.39 is 5.41 Å². The molecule has 3 heteroatoms. The van der Waals surface area contributed by atoms with Crippen LogP contribution in [0.15, 0.2) is 164 Å². The normalized spacial score (nSPS) is 13.5. The van der Waals surface area contributed by atoms with Crippen LogP contribution >= 0.6 is 0 Å². The van der Waals surface area contributed by atoms with E-state index >= 15 is 0 Å². The Labute approximate surface area is 283 Å². The lowest BCUT2D eigenvalue weighted by molar-refractivity contribution is 0.794. The summed E-state index contributed by atoms with van der Waals surface area (Å²) in [6.45, 7) is 0. The van der Waals surface area contributed by atoms with E-state index in [4.69, 9.17) is 15.0 Å². The number of nitrogens with zero attached hydrogens (tertiary/aromatic N) is 3. The summed E-state index contributed by atoms with van der Waals surface area (Å²) in [6.07, 6.45) is 0. The summed E-state index contributed by atoms with van der Waals surface area (Å²) in [5.41, 5.74) is 14.4. The number of para-hydroxylation sites is 2. The number of hydrogen-bond acceptors (Lipinski definition) is 3. The zero-order chi connectivity index (χ0) is 32.1. The lowest BCUT2D eigenvalue weighted by Crippen LogP contribution is -2.25. The summed E-state index contributed by atoms with van der Waals surface area (Å²) in [7, 11) is 0. The van der Waals surface area contributed by atoms with Gasteiger partial charge in [-0.1, -0.05) is 152 Å². The predicted molar refractivity (Wildman–Crippen MR) is 200 cm³/mol. The first-order valence-corrected chi connectivity index (χ1v) is 16.8. The number of aromatic nitrogens is 3. The molecule has 1 spiro atoms. The molecule has 49 heavy (non-hydrogen) atoms. The molecule has 2 aliphatic carbocycles. The lowest BCUT2D eigenvalue weighted by Gasteiger charge is -2.30. The molecule has 3 nitrogen and oxygen atoms in total. The largest absolute Gasteiger partial charge is 0.245 e. The Morgan fingerprint density at radius 3 is 1.49 bits per heavy atom. The van der Waals surface area contributed by atoms with Crippen LogP contribution in [-0.4, -0.2) is 15.0 Å². The third-order valence-electron chi connectivity index (χ3n) is 10.7. The van der Waals surface area contributed by atoms with Crippen LogP contribution in [0.3, 0.4) is 0 Å². The Morgan fingerprint density at radius 1 is 0.306 bits per heavy atom. The van der Waals surface area contributed by atoms with Crippen molar-refractivity contribution >= 4 is 32.6 Å². The van der Waals surface area contributed by atoms with Gasteiger partial charge in [0.2, 0.25) is 0 Å². The molecule has 7 aromatic carbocycles. The van der Waals surface area contributed by atoms with Gasteiger partial charge in [0, 0.05) is 21.7 Å². The first-order valence-electron chi connectivity index (χ1n) is 16.8. The highest BCUT2D eigenvalue weighted by atomic mass is 14.9. The first kappa shape index (κ1) is 26.6. The van der Waals surface area contributed by atoms with Gasteiger partial charge < -0.3 is 0 Å². The molecule has 0 unspecified atom stereocenters. The summed E-state index contributed by atoms with van der Waals surface area (Å²) in [5.74, 6) is 0.705. The van der Waals surface area contributed by atoms with Crippen LogP contribution in [0.4, 0.5) is 0 Å². The van der Waals surface area contributed by atoms with E-state index in [-0.39, 0.29) is 0 Å². The molecule has 2 heterocycles. The zero-order valence-electron chi connectivity index (χ0n) is 26.4. The fraction of sp³-hybridized carbons (Fsp3) is 0.0217. The molecular formula is C46H27N3. The van der Waals surface area contributed by atoms with Gasteiger partial charge in [-0.3, -0.25) is 0 Å². The lowest BCUT2D eigenvalue weighted by atomic mass is 9.70. The van der Waals surface area contributed by atoms with Crippen molar-refractivity contribution in [2.24, 2.45) is 0 Å². The molecule has 0 bridgehead atoms. The van der Waals surface area contributed by atoms with Gasteiger partial charge >= 0.3 is 0 Å². The molecule has 0 N–H and O–H groups in total. The van der Waals surface area contributed by atoms with Crippen LogP contribution in [0.25, 0.3) is 77.6 Å². The van der Waals surface area contributed by atoms with E-state index in [0.29, 0.717) is 5.82 Å². The average Bonchev–Trinajstić information content (AvgIpc) is 3.65. The van der Waals surface area contributed by atoms with Crippen molar-refractivity contribution in [2.45, 2.75) is 5.41 Å². The van der Waals surface area contributed by atoms with Gasteiger partial charge in [0.25, 0.3) is 0 Å². The van der Waals surface area contributed by atoms with Crippen molar-refractivity contribution in [1.82, 2.24) is 15.0 Å². The Kier molecular flexibility index (Phi) is 5.31. The SMILES string of the molecule is c1ccc2c(c1)-c1ccccc1C21c2ccccc2-c2c(-c3nc(-c4nc5ccccc5c5ccccc45)c4ccccc4n3)cccc21. The van der Waals surface area contributed by atoms with Crippen LogP contribution in [-0.2, 0) is 5.41 Å². The third-order valence-corrected chi connectivity index (χ3v) is 10.7. The highest BCUT2D eigenvalue weighted by Crippen LogP contribution is 2.63. The predicted octanol–water partition coefficient (Wildman–Crippen LogP) is 11.0. The monoisotopic (exact) mass is 621 g/mol. The highest BCUT2D eigenvalue weighted by molar-refractivity contribution is 6.13. The number of pyridine rings is 1. The second-order valence-corrected chi connectivity index (χ2v) is 13.1. The maximum atomic E-state index is 5.48. The van der Waals surface area contributed by atoms with Crippen LogP contribution < -0.4 is 0 Å². The van der Waals surface area contributed by atoms with Gasteiger partial charge in [0.05, 0.1) is 22.1 Å². The summed E-state index contributed by atoms with van der Waals surface area (Å²) in [5, 5.41) is 4.38. The van der Waals surface area contributed by atoms with Gasteiger partial charge in [-0.25, -0.2) is 15.0 Å². The molecule has 0 radical (unpaired) electrons. The van der Waals surface area contributed by atoms with Crippen molar-refractivity contribution < 1.29 is 0 Å². The molecule has 0 atom stereocenters. The van der Waals surface area contributed by atoms with Crippen molar-refractivity contribution in [3.05, 3.63) is 186 Å². The highest BCUT2D eigenvalue weighted by Gasteiger charge is 2.52. The molecule has 226 valence electrons. The Bertz CT molecular complexity index is 2800. The molecule has 0 fully saturated rings. The standard InChI is InChI=1S/C46H27N3/c1-2-18-32-28(14-1)31-17-6-11-26-40(31)47-43(32)44-34-20-7-12-27-41(34)48-45(49-44)35-21-13-25-39-42(35)33-19-5-10-24-38(33)46(39)36-22-8-3-15-29(36)30-16-4-9-23-37(30)46/h1-27H. The van der Waals surface area contributed by atoms with E-state index in [1.54, 1.807) is 0 Å². The maximum Gasteiger partial charge on any atom is 0.161 e. The molecule has 11 rings (SSSR count). The Morgan fingerprint density at radius 2 is 0.776 bits per heavy atom. The van der Waals surface area contributed by atoms with Gasteiger partial charge in [-0.15, -0.1) is 0 Å². The van der Waals surface area contributed by atoms with E-state index in [0.717, 1.165) is 44.1 Å². The molecular weight excluding hydrogens is 595 g/mol. The molecule has 0 saturated carbocycles. The van der Waals surface area contributed by atoms with E-state index in [2.05, 4.69) is 164 Å². The third kappa shape index (κ3) is 3.44. The number of hydrogen-bond donors (Lipinski definition) is 0. The van der Waals surface area contributed by atoms with Crippen LogP contribution in [0.1, 0.15) is 22.3 Å². The van der Waals surface area contributed by atoms with Crippen LogP contribution in [0.2, 0.25) is 0 Å². The summed E-state index contributed by atoms with van der Waals surface area (Å²) in [6, 6.07) is 58.7. The smallest absolute Gasteiger partial charge is 0.161 e. The topological polar surface area (TPSA) is 38.7 Å². The van der Waals surface area contributed by atoms with Gasteiger partial charge in [0.1, 0.15) is 5.69 Å². The summed E-state index contributed by atoms with van der Waals surface area (Å²) < 4.78 is 0. The van der Waals surface area contributed by atoms with E-state index in [1.165, 1.54) is 49.9 Å². The second kappa shape index (κ2) is 9.79. The molecule has 2 aromatic heterocycles. The minimum Gasteiger partial charge on any atom is -0.245 e. The van der Waals surface area contributed by atoms with Crippen LogP contribution in [0, 0.1) is 0 Å². The Balaban J connectivity index is 1.24. The first-order chi connectivity index (χ1) is 24.3. The van der Waals surface area contributed by atoms with Gasteiger partial charge in [-0.2, -0.15) is 0 Å².